The molecule has 4 aromatic carbocycles. The third kappa shape index (κ3) is 7.76. The Morgan fingerprint density at radius 2 is 1.66 bits per heavy atom. The van der Waals surface area contributed by atoms with Gasteiger partial charge in [0.1, 0.15) is 42.4 Å². The summed E-state index contributed by atoms with van der Waals surface area (Å²) in [7, 11) is 0. The molecule has 0 saturated carbocycles. The lowest BCUT2D eigenvalue weighted by molar-refractivity contribution is -0.108. The minimum Gasteiger partial charge on any atom is -0.494 e. The lowest BCUT2D eigenvalue weighted by atomic mass is 10.0. The van der Waals surface area contributed by atoms with Crippen LogP contribution >= 0.6 is 23.2 Å². The molecule has 41 heavy (non-hydrogen) atoms. The first kappa shape index (κ1) is 29.9. The molecule has 0 aliphatic heterocycles. The standard InChI is InChI=1S/C31H29Cl2N3O5/c32-26-15-23(17-34)29(40-18-20-9-10-28(36-38)27(35)13-20)16-30(26)41-19-22-6-4-8-25(31(22)33)21-5-3-7-24(14-21)39-12-2-1-11-37/h3-11,13-16H,1-2,12,17-19,34-35H2. The first-order valence-electron chi connectivity index (χ1n) is 12.9. The van der Waals surface area contributed by atoms with E-state index in [1.807, 2.05) is 42.5 Å². The van der Waals surface area contributed by atoms with E-state index >= 15 is 0 Å². The maximum absolute atomic E-state index is 10.8. The highest BCUT2D eigenvalue weighted by Gasteiger charge is 2.14. The molecule has 8 nitrogen and oxygen atoms in total. The minimum atomic E-state index is 0.159. The summed E-state index contributed by atoms with van der Waals surface area (Å²) in [5, 5.41) is 3.81. The normalized spacial score (nSPS) is 10.7. The van der Waals surface area contributed by atoms with Crippen LogP contribution in [-0.2, 0) is 24.6 Å². The van der Waals surface area contributed by atoms with Crippen molar-refractivity contribution in [1.82, 2.24) is 0 Å². The van der Waals surface area contributed by atoms with Crippen LogP contribution in [0.2, 0.25) is 10.0 Å². The second kappa shape index (κ2) is 14.5. The van der Waals surface area contributed by atoms with Crippen LogP contribution in [0, 0.1) is 4.91 Å². The summed E-state index contributed by atoms with van der Waals surface area (Å²) < 4.78 is 17.9. The maximum atomic E-state index is 10.8. The Kier molecular flexibility index (Phi) is 10.6. The first-order valence-corrected chi connectivity index (χ1v) is 13.6. The number of hydrogen-bond donors (Lipinski definition) is 2. The largest absolute Gasteiger partial charge is 0.494 e. The Morgan fingerprint density at radius 1 is 0.854 bits per heavy atom. The van der Waals surface area contributed by atoms with Gasteiger partial charge in [-0.05, 0) is 53.1 Å². The number of aldehydes is 1. The fourth-order valence-corrected chi connectivity index (χ4v) is 4.63. The lowest BCUT2D eigenvalue weighted by Crippen LogP contribution is -2.05. The lowest BCUT2D eigenvalue weighted by Gasteiger charge is -2.16. The highest BCUT2D eigenvalue weighted by atomic mass is 35.5. The molecule has 0 radical (unpaired) electrons. The zero-order chi connectivity index (χ0) is 29.2. The number of benzene rings is 4. The number of nitrogen functional groups attached to an aromatic ring is 1. The molecule has 0 saturated heterocycles. The molecular weight excluding hydrogens is 565 g/mol. The molecule has 0 fully saturated rings. The van der Waals surface area contributed by atoms with E-state index in [1.165, 1.54) is 0 Å². The van der Waals surface area contributed by atoms with Gasteiger partial charge < -0.3 is 30.5 Å². The van der Waals surface area contributed by atoms with Gasteiger partial charge in [-0.1, -0.05) is 59.6 Å². The number of carbonyl (C=O) groups is 1. The Morgan fingerprint density at radius 3 is 2.41 bits per heavy atom. The van der Waals surface area contributed by atoms with Crippen molar-refractivity contribution in [3.05, 3.63) is 104 Å². The molecule has 0 aliphatic rings. The SMILES string of the molecule is NCc1cc(Cl)c(OCc2cccc(-c3cccc(OCCCC=O)c3)c2Cl)cc1OCc1ccc(N=O)c(N)c1. The zero-order valence-electron chi connectivity index (χ0n) is 22.1. The van der Waals surface area contributed by atoms with E-state index in [0.29, 0.717) is 52.3 Å². The molecule has 4 N–H and O–H groups in total. The van der Waals surface area contributed by atoms with Gasteiger partial charge >= 0.3 is 0 Å². The number of unbranched alkanes of at least 4 members (excludes halogenated alkanes) is 1. The third-order valence-corrected chi connectivity index (χ3v) is 7.00. The van der Waals surface area contributed by atoms with E-state index in [0.717, 1.165) is 28.5 Å². The van der Waals surface area contributed by atoms with Gasteiger partial charge in [-0.2, -0.15) is 0 Å². The fourth-order valence-electron chi connectivity index (χ4n) is 4.10. The van der Waals surface area contributed by atoms with Crippen molar-refractivity contribution in [2.45, 2.75) is 32.6 Å². The number of nitrogens with two attached hydrogens (primary N) is 2. The summed E-state index contributed by atoms with van der Waals surface area (Å²) in [6, 6.07) is 21.6. The van der Waals surface area contributed by atoms with Crippen LogP contribution in [0.15, 0.2) is 78.0 Å². The van der Waals surface area contributed by atoms with Crippen molar-refractivity contribution in [2.24, 2.45) is 10.9 Å². The average molecular weight is 594 g/mol. The minimum absolute atomic E-state index is 0.159. The van der Waals surface area contributed by atoms with E-state index in [9.17, 15) is 9.70 Å². The van der Waals surface area contributed by atoms with Crippen molar-refractivity contribution >= 4 is 40.9 Å². The molecule has 0 spiro atoms. The van der Waals surface area contributed by atoms with Crippen molar-refractivity contribution in [3.8, 4) is 28.4 Å². The summed E-state index contributed by atoms with van der Waals surface area (Å²) in [6.45, 7) is 1.01. The number of halogens is 2. The van der Waals surface area contributed by atoms with Crippen LogP contribution in [0.3, 0.4) is 0 Å². The Bertz CT molecular complexity index is 1530. The average Bonchev–Trinajstić information content (AvgIpc) is 2.98. The zero-order valence-corrected chi connectivity index (χ0v) is 23.7. The predicted molar refractivity (Wildman–Crippen MR) is 162 cm³/mol. The molecule has 4 aromatic rings. The number of carbonyl (C=O) groups excluding carboxylic acids is 1. The molecule has 0 amide bonds. The summed E-state index contributed by atoms with van der Waals surface area (Å²) in [4.78, 5) is 21.3. The summed E-state index contributed by atoms with van der Waals surface area (Å²) >= 11 is 13.3. The van der Waals surface area contributed by atoms with Gasteiger partial charge in [-0.15, -0.1) is 4.91 Å². The number of hydrogen-bond acceptors (Lipinski definition) is 8. The number of ether oxygens (including phenoxy) is 3. The van der Waals surface area contributed by atoms with Crippen molar-refractivity contribution in [2.75, 3.05) is 12.3 Å². The Balaban J connectivity index is 1.48. The molecule has 0 aliphatic carbocycles. The summed E-state index contributed by atoms with van der Waals surface area (Å²) in [5.41, 5.74) is 16.2. The van der Waals surface area contributed by atoms with E-state index in [2.05, 4.69) is 5.18 Å². The van der Waals surface area contributed by atoms with Gasteiger partial charge in [-0.3, -0.25) is 0 Å². The molecule has 0 bridgehead atoms. The molecule has 0 atom stereocenters. The molecule has 0 aromatic heterocycles. The van der Waals surface area contributed by atoms with E-state index in [1.54, 1.807) is 30.3 Å². The summed E-state index contributed by atoms with van der Waals surface area (Å²) in [6.07, 6.45) is 2.00. The third-order valence-electron chi connectivity index (χ3n) is 6.26. The molecule has 212 valence electrons. The van der Waals surface area contributed by atoms with E-state index < -0.39 is 0 Å². The molecule has 0 unspecified atom stereocenters. The molecule has 4 rings (SSSR count). The van der Waals surface area contributed by atoms with Crippen LogP contribution in [0.4, 0.5) is 11.4 Å². The van der Waals surface area contributed by atoms with Crippen LogP contribution in [0.5, 0.6) is 17.2 Å². The van der Waals surface area contributed by atoms with Crippen molar-refractivity contribution in [1.29, 1.82) is 0 Å². The van der Waals surface area contributed by atoms with E-state index in [-0.39, 0.29) is 31.1 Å². The number of nitrogens with zero attached hydrogens (tertiary/aromatic N) is 1. The maximum Gasteiger partial charge on any atom is 0.142 e. The number of rotatable bonds is 14. The van der Waals surface area contributed by atoms with Crippen LogP contribution in [-0.4, -0.2) is 12.9 Å². The van der Waals surface area contributed by atoms with Crippen molar-refractivity contribution < 1.29 is 19.0 Å². The second-order valence-electron chi connectivity index (χ2n) is 9.12. The highest BCUT2D eigenvalue weighted by molar-refractivity contribution is 6.34. The second-order valence-corrected chi connectivity index (χ2v) is 9.91. The van der Waals surface area contributed by atoms with Gasteiger partial charge in [0.25, 0.3) is 0 Å². The van der Waals surface area contributed by atoms with Crippen LogP contribution in [0.25, 0.3) is 11.1 Å². The number of nitroso groups, excluding NO2 is 1. The number of anilines is 1. The topological polar surface area (TPSA) is 126 Å². The summed E-state index contributed by atoms with van der Waals surface area (Å²) in [5.74, 6) is 1.61. The Hall–Kier alpha value is -4.11. The molecular formula is C31H29Cl2N3O5. The van der Waals surface area contributed by atoms with Gasteiger partial charge in [-0.25, -0.2) is 0 Å². The quantitative estimate of drug-likeness (QED) is 0.0666. The highest BCUT2D eigenvalue weighted by Crippen LogP contribution is 2.36. The van der Waals surface area contributed by atoms with Crippen LogP contribution in [0.1, 0.15) is 29.5 Å². The predicted octanol–water partition coefficient (Wildman–Crippen LogP) is 7.62. The van der Waals surface area contributed by atoms with Gasteiger partial charge in [0.05, 0.1) is 22.3 Å². The first-order chi connectivity index (χ1) is 19.9. The van der Waals surface area contributed by atoms with Crippen molar-refractivity contribution in [3.63, 3.8) is 0 Å². The van der Waals surface area contributed by atoms with Gasteiger partial charge in [0, 0.05) is 35.7 Å². The van der Waals surface area contributed by atoms with Gasteiger partial charge in [0.15, 0.2) is 0 Å². The molecule has 0 heterocycles. The van der Waals surface area contributed by atoms with E-state index in [4.69, 9.17) is 48.9 Å². The molecule has 10 heteroatoms. The van der Waals surface area contributed by atoms with Crippen LogP contribution < -0.4 is 25.7 Å². The Labute approximate surface area is 248 Å². The fraction of sp³-hybridized carbons (Fsp3) is 0.194. The smallest absolute Gasteiger partial charge is 0.142 e. The van der Waals surface area contributed by atoms with Gasteiger partial charge in [0.2, 0.25) is 0 Å². The monoisotopic (exact) mass is 593 g/mol.